The van der Waals surface area contributed by atoms with Crippen molar-refractivity contribution in [1.29, 1.82) is 0 Å². The van der Waals surface area contributed by atoms with Gasteiger partial charge in [-0.2, -0.15) is 0 Å². The van der Waals surface area contributed by atoms with Crippen molar-refractivity contribution in [1.82, 2.24) is 4.90 Å². The molecule has 0 spiro atoms. The minimum atomic E-state index is -0.625. The molecule has 4 unspecified atom stereocenters. The molecular formula is C24H35NO3. The molecule has 1 aromatic carbocycles. The summed E-state index contributed by atoms with van der Waals surface area (Å²) in [6, 6.07) is 4.20. The minimum Gasteiger partial charge on any atom is -0.392 e. The molecule has 0 bridgehead atoms. The Kier molecular flexibility index (Phi) is 5.73. The average molecular weight is 386 g/mol. The number of likely N-dealkylation sites (tertiary alicyclic amines) is 1. The van der Waals surface area contributed by atoms with Crippen LogP contribution in [0.25, 0.3) is 0 Å². The van der Waals surface area contributed by atoms with Gasteiger partial charge in [-0.25, -0.2) is 0 Å². The van der Waals surface area contributed by atoms with Gasteiger partial charge in [0, 0.05) is 24.9 Å². The molecule has 1 amide bonds. The van der Waals surface area contributed by atoms with E-state index in [1.165, 1.54) is 5.56 Å². The number of hydrogen-bond donors (Lipinski definition) is 1. The number of ketones is 1. The summed E-state index contributed by atoms with van der Waals surface area (Å²) in [5, 5.41) is 11.1. The first-order valence-electron chi connectivity index (χ1n) is 10.6. The minimum absolute atomic E-state index is 0.00714. The van der Waals surface area contributed by atoms with Crippen molar-refractivity contribution in [2.24, 2.45) is 17.3 Å². The summed E-state index contributed by atoms with van der Waals surface area (Å²) >= 11 is 0. The summed E-state index contributed by atoms with van der Waals surface area (Å²) in [5.41, 5.74) is 4.03. The van der Waals surface area contributed by atoms with Crippen LogP contribution in [0.2, 0.25) is 0 Å². The first kappa shape index (κ1) is 21.0. The summed E-state index contributed by atoms with van der Waals surface area (Å²) < 4.78 is 0. The van der Waals surface area contributed by atoms with Gasteiger partial charge >= 0.3 is 0 Å². The molecule has 1 N–H and O–H groups in total. The molecule has 1 aliphatic heterocycles. The molecule has 1 saturated carbocycles. The number of rotatable bonds is 3. The van der Waals surface area contributed by atoms with Crippen molar-refractivity contribution in [2.45, 2.75) is 72.8 Å². The number of nitrogens with zero attached hydrogens (tertiary/aromatic N) is 1. The second-order valence-electron chi connectivity index (χ2n) is 10.1. The second-order valence-corrected chi connectivity index (χ2v) is 10.1. The fraction of sp³-hybridized carbons (Fsp3) is 0.667. The van der Waals surface area contributed by atoms with Crippen LogP contribution in [0.5, 0.6) is 0 Å². The van der Waals surface area contributed by atoms with Crippen molar-refractivity contribution in [3.05, 3.63) is 34.4 Å². The molecule has 4 nitrogen and oxygen atoms in total. The summed E-state index contributed by atoms with van der Waals surface area (Å²) in [7, 11) is 0. The maximum atomic E-state index is 12.8. The number of aliphatic hydroxyl groups is 1. The topological polar surface area (TPSA) is 57.6 Å². The Labute approximate surface area is 169 Å². The van der Waals surface area contributed by atoms with E-state index >= 15 is 0 Å². The van der Waals surface area contributed by atoms with Gasteiger partial charge in [-0.3, -0.25) is 9.59 Å². The largest absolute Gasteiger partial charge is 0.392 e. The van der Waals surface area contributed by atoms with Crippen LogP contribution in [0.1, 0.15) is 68.2 Å². The van der Waals surface area contributed by atoms with Crippen LogP contribution in [0.3, 0.4) is 0 Å². The third-order valence-electron chi connectivity index (χ3n) is 6.53. The van der Waals surface area contributed by atoms with Gasteiger partial charge in [0.1, 0.15) is 5.78 Å². The van der Waals surface area contributed by atoms with Gasteiger partial charge in [0.15, 0.2) is 0 Å². The van der Waals surface area contributed by atoms with Gasteiger partial charge in [-0.15, -0.1) is 0 Å². The molecule has 0 aromatic heterocycles. The maximum absolute atomic E-state index is 12.8. The molecule has 154 valence electrons. The average Bonchev–Trinajstić information content (AvgIpc) is 3.12. The van der Waals surface area contributed by atoms with Crippen LogP contribution in [0.15, 0.2) is 12.1 Å². The first-order chi connectivity index (χ1) is 13.0. The zero-order valence-corrected chi connectivity index (χ0v) is 18.2. The van der Waals surface area contributed by atoms with E-state index in [1.54, 1.807) is 0 Å². The summed E-state index contributed by atoms with van der Waals surface area (Å²) in [5.74, 6) is 0.319. The molecule has 1 aliphatic carbocycles. The van der Waals surface area contributed by atoms with Gasteiger partial charge < -0.3 is 10.0 Å². The number of amides is 1. The monoisotopic (exact) mass is 385 g/mol. The van der Waals surface area contributed by atoms with E-state index in [2.05, 4.69) is 19.1 Å². The molecule has 0 radical (unpaired) electrons. The van der Waals surface area contributed by atoms with Gasteiger partial charge in [-0.1, -0.05) is 38.5 Å². The van der Waals surface area contributed by atoms with E-state index in [0.29, 0.717) is 12.3 Å². The molecule has 4 heteroatoms. The number of benzene rings is 1. The smallest absolute Gasteiger partial charge is 0.227 e. The van der Waals surface area contributed by atoms with E-state index in [4.69, 9.17) is 0 Å². The first-order valence-corrected chi connectivity index (χ1v) is 10.6. The molecule has 3 rings (SSSR count). The SMILES string of the molecule is Cc1cc(C)c(C2C(=O)CC(CC3CCN(C(=O)C(C)(C)C)C3)C2O)c(C)c1. The Bertz CT molecular complexity index is 754. The third kappa shape index (κ3) is 4.03. The van der Waals surface area contributed by atoms with Crippen LogP contribution in [-0.4, -0.2) is 40.9 Å². The third-order valence-corrected chi connectivity index (χ3v) is 6.53. The van der Waals surface area contributed by atoms with Crippen molar-refractivity contribution in [3.63, 3.8) is 0 Å². The molecule has 2 aliphatic rings. The highest BCUT2D eigenvalue weighted by Gasteiger charge is 2.45. The van der Waals surface area contributed by atoms with Crippen molar-refractivity contribution in [2.75, 3.05) is 13.1 Å². The Morgan fingerprint density at radius 3 is 2.36 bits per heavy atom. The molecule has 28 heavy (non-hydrogen) atoms. The molecule has 1 aromatic rings. The van der Waals surface area contributed by atoms with Gasteiger partial charge in [0.05, 0.1) is 12.0 Å². The Hall–Kier alpha value is -1.68. The highest BCUT2D eigenvalue weighted by Crippen LogP contribution is 2.42. The van der Waals surface area contributed by atoms with Crippen LogP contribution in [-0.2, 0) is 9.59 Å². The lowest BCUT2D eigenvalue weighted by Crippen LogP contribution is -2.38. The van der Waals surface area contributed by atoms with Gasteiger partial charge in [0.2, 0.25) is 5.91 Å². The van der Waals surface area contributed by atoms with Gasteiger partial charge in [-0.05, 0) is 62.1 Å². The van der Waals surface area contributed by atoms with E-state index in [9.17, 15) is 14.7 Å². The molecule has 1 saturated heterocycles. The molecule has 1 heterocycles. The predicted molar refractivity (Wildman–Crippen MR) is 111 cm³/mol. The van der Waals surface area contributed by atoms with Crippen molar-refractivity contribution in [3.8, 4) is 0 Å². The Balaban J connectivity index is 1.70. The maximum Gasteiger partial charge on any atom is 0.227 e. The lowest BCUT2D eigenvalue weighted by Gasteiger charge is -2.26. The zero-order chi connectivity index (χ0) is 20.8. The van der Waals surface area contributed by atoms with Crippen molar-refractivity contribution < 1.29 is 14.7 Å². The van der Waals surface area contributed by atoms with E-state index in [1.807, 2.05) is 39.5 Å². The highest BCUT2D eigenvalue weighted by atomic mass is 16.3. The van der Waals surface area contributed by atoms with E-state index in [-0.39, 0.29) is 23.0 Å². The van der Waals surface area contributed by atoms with E-state index < -0.39 is 12.0 Å². The number of aryl methyl sites for hydroxylation is 3. The number of hydrogen-bond acceptors (Lipinski definition) is 3. The predicted octanol–water partition coefficient (Wildman–Crippen LogP) is 3.93. The number of carbonyl (C=O) groups excluding carboxylic acids is 2. The standard InChI is InChI=1S/C24H35NO3/c1-14-9-15(2)20(16(3)10-14)21-19(26)12-18(22(21)27)11-17-7-8-25(13-17)23(28)24(4,5)6/h9-10,17-18,21-22,27H,7-8,11-13H2,1-6H3. The summed E-state index contributed by atoms with van der Waals surface area (Å²) in [6.45, 7) is 13.5. The lowest BCUT2D eigenvalue weighted by molar-refractivity contribution is -0.138. The molecular weight excluding hydrogens is 350 g/mol. The molecule has 4 atom stereocenters. The van der Waals surface area contributed by atoms with Crippen LogP contribution >= 0.6 is 0 Å². The molecule has 2 fully saturated rings. The van der Waals surface area contributed by atoms with Gasteiger partial charge in [0.25, 0.3) is 0 Å². The van der Waals surface area contributed by atoms with Crippen LogP contribution in [0, 0.1) is 38.0 Å². The Morgan fingerprint density at radius 2 is 1.79 bits per heavy atom. The Morgan fingerprint density at radius 1 is 1.18 bits per heavy atom. The fourth-order valence-corrected chi connectivity index (χ4v) is 5.32. The summed E-state index contributed by atoms with van der Waals surface area (Å²) in [6.07, 6.45) is 1.61. The quantitative estimate of drug-likeness (QED) is 0.858. The van der Waals surface area contributed by atoms with Crippen molar-refractivity contribution >= 4 is 11.7 Å². The number of carbonyl (C=O) groups is 2. The zero-order valence-electron chi connectivity index (χ0n) is 18.2. The second kappa shape index (κ2) is 7.62. The van der Waals surface area contributed by atoms with E-state index in [0.717, 1.165) is 42.6 Å². The fourth-order valence-electron chi connectivity index (χ4n) is 5.32. The van der Waals surface area contributed by atoms with Crippen LogP contribution in [0.4, 0.5) is 0 Å². The number of aliphatic hydroxyl groups excluding tert-OH is 1. The number of Topliss-reactive ketones (excluding diaryl/α,β-unsaturated/α-hetero) is 1. The highest BCUT2D eigenvalue weighted by molar-refractivity contribution is 5.90. The lowest BCUT2D eigenvalue weighted by atomic mass is 9.84. The van der Waals surface area contributed by atoms with Crippen LogP contribution < -0.4 is 0 Å². The summed E-state index contributed by atoms with van der Waals surface area (Å²) in [4.78, 5) is 27.3. The normalized spacial score (nSPS) is 28.2.